The maximum absolute atomic E-state index is 12.8. The first kappa shape index (κ1) is 18.7. The molecule has 0 aliphatic carbocycles. The topological polar surface area (TPSA) is 79.3 Å². The van der Waals surface area contributed by atoms with Crippen molar-refractivity contribution in [2.24, 2.45) is 13.0 Å². The first-order valence-corrected chi connectivity index (χ1v) is 9.93. The SMILES string of the molecule is Cn1cc([C@H]2CNC[C@@H]2C(=O)NCc2cccc(CN3CCCC3=O)c2)cn1. The molecule has 1 aromatic carbocycles. The molecule has 0 spiro atoms. The fourth-order valence-electron chi connectivity index (χ4n) is 4.19. The molecule has 7 heteroatoms. The highest BCUT2D eigenvalue weighted by Crippen LogP contribution is 2.28. The molecule has 0 unspecified atom stereocenters. The maximum Gasteiger partial charge on any atom is 0.225 e. The molecule has 7 nitrogen and oxygen atoms in total. The van der Waals surface area contributed by atoms with Gasteiger partial charge in [0.05, 0.1) is 12.1 Å². The quantitative estimate of drug-likeness (QED) is 0.787. The lowest BCUT2D eigenvalue weighted by Gasteiger charge is -2.18. The average molecular weight is 381 g/mol. The van der Waals surface area contributed by atoms with E-state index in [1.54, 1.807) is 4.68 Å². The van der Waals surface area contributed by atoms with Gasteiger partial charge < -0.3 is 15.5 Å². The number of nitrogens with zero attached hydrogens (tertiary/aromatic N) is 3. The molecule has 1 aromatic heterocycles. The number of benzene rings is 1. The van der Waals surface area contributed by atoms with E-state index in [2.05, 4.69) is 21.8 Å². The first-order chi connectivity index (χ1) is 13.6. The van der Waals surface area contributed by atoms with Crippen molar-refractivity contribution < 1.29 is 9.59 Å². The Morgan fingerprint density at radius 2 is 2.18 bits per heavy atom. The second-order valence-electron chi connectivity index (χ2n) is 7.78. The van der Waals surface area contributed by atoms with E-state index in [-0.39, 0.29) is 23.7 Å². The van der Waals surface area contributed by atoms with E-state index in [4.69, 9.17) is 0 Å². The summed E-state index contributed by atoms with van der Waals surface area (Å²) in [5, 5.41) is 10.7. The van der Waals surface area contributed by atoms with Crippen molar-refractivity contribution in [3.63, 3.8) is 0 Å². The molecule has 0 radical (unpaired) electrons. The van der Waals surface area contributed by atoms with Gasteiger partial charge in [0, 0.05) is 58.3 Å². The van der Waals surface area contributed by atoms with Crippen LogP contribution in [-0.2, 0) is 29.7 Å². The van der Waals surface area contributed by atoms with Gasteiger partial charge in [0.1, 0.15) is 0 Å². The minimum absolute atomic E-state index is 0.0685. The predicted molar refractivity (Wildman–Crippen MR) is 105 cm³/mol. The van der Waals surface area contributed by atoms with Crippen LogP contribution in [-0.4, -0.2) is 46.1 Å². The van der Waals surface area contributed by atoms with Gasteiger partial charge >= 0.3 is 0 Å². The van der Waals surface area contributed by atoms with Crippen LogP contribution >= 0.6 is 0 Å². The molecule has 2 N–H and O–H groups in total. The number of nitrogens with one attached hydrogen (secondary N) is 2. The van der Waals surface area contributed by atoms with E-state index in [1.165, 1.54) is 0 Å². The van der Waals surface area contributed by atoms with Gasteiger partial charge in [-0.2, -0.15) is 5.10 Å². The summed E-state index contributed by atoms with van der Waals surface area (Å²) >= 11 is 0. The third-order valence-electron chi connectivity index (χ3n) is 5.71. The van der Waals surface area contributed by atoms with Crippen LogP contribution in [0.25, 0.3) is 0 Å². The standard InChI is InChI=1S/C21H27N5O2/c1-25-14-17(10-24-25)18-11-22-12-19(18)21(28)23-9-15-4-2-5-16(8-15)13-26-7-3-6-20(26)27/h2,4-5,8,10,14,18-19,22H,3,6-7,9,11-13H2,1H3,(H,23,28)/t18-,19+/m1/s1. The predicted octanol–water partition coefficient (Wildman–Crippen LogP) is 1.16. The third kappa shape index (κ3) is 4.09. The zero-order chi connectivity index (χ0) is 19.5. The zero-order valence-corrected chi connectivity index (χ0v) is 16.2. The minimum Gasteiger partial charge on any atom is -0.352 e. The van der Waals surface area contributed by atoms with E-state index in [9.17, 15) is 9.59 Å². The molecule has 2 amide bonds. The van der Waals surface area contributed by atoms with Gasteiger partial charge in [-0.1, -0.05) is 24.3 Å². The number of amides is 2. The number of hydrogen-bond donors (Lipinski definition) is 2. The average Bonchev–Trinajstić information content (AvgIpc) is 3.42. The molecule has 2 aliphatic heterocycles. The Morgan fingerprint density at radius 1 is 1.32 bits per heavy atom. The van der Waals surface area contributed by atoms with Crippen LogP contribution in [0, 0.1) is 5.92 Å². The summed E-state index contributed by atoms with van der Waals surface area (Å²) < 4.78 is 1.78. The molecule has 28 heavy (non-hydrogen) atoms. The molecular weight excluding hydrogens is 354 g/mol. The van der Waals surface area contributed by atoms with Gasteiger partial charge in [-0.3, -0.25) is 14.3 Å². The van der Waals surface area contributed by atoms with Gasteiger partial charge in [-0.05, 0) is 23.1 Å². The summed E-state index contributed by atoms with van der Waals surface area (Å²) in [6, 6.07) is 8.13. The second kappa shape index (κ2) is 8.14. The van der Waals surface area contributed by atoms with Crippen LogP contribution in [0.3, 0.4) is 0 Å². The molecule has 2 saturated heterocycles. The Kier molecular flexibility index (Phi) is 5.43. The number of rotatable bonds is 6. The van der Waals surface area contributed by atoms with Gasteiger partial charge in [0.15, 0.2) is 0 Å². The highest BCUT2D eigenvalue weighted by atomic mass is 16.2. The van der Waals surface area contributed by atoms with Crippen molar-refractivity contribution in [2.75, 3.05) is 19.6 Å². The van der Waals surface area contributed by atoms with Crippen molar-refractivity contribution in [1.82, 2.24) is 25.3 Å². The molecule has 4 rings (SSSR count). The summed E-state index contributed by atoms with van der Waals surface area (Å²) in [6.07, 6.45) is 5.44. The maximum atomic E-state index is 12.8. The molecule has 148 valence electrons. The third-order valence-corrected chi connectivity index (χ3v) is 5.71. The van der Waals surface area contributed by atoms with E-state index < -0.39 is 0 Å². The number of carbonyl (C=O) groups excluding carboxylic acids is 2. The van der Waals surface area contributed by atoms with Crippen molar-refractivity contribution in [3.8, 4) is 0 Å². The summed E-state index contributed by atoms with van der Waals surface area (Å²) in [7, 11) is 1.89. The Labute approximate surface area is 165 Å². The van der Waals surface area contributed by atoms with Crippen LogP contribution in [0.5, 0.6) is 0 Å². The summed E-state index contributed by atoms with van der Waals surface area (Å²) in [4.78, 5) is 26.5. The van der Waals surface area contributed by atoms with Crippen LogP contribution in [0.1, 0.15) is 35.4 Å². The van der Waals surface area contributed by atoms with Crippen LogP contribution in [0.2, 0.25) is 0 Å². The number of aryl methyl sites for hydroxylation is 1. The van der Waals surface area contributed by atoms with E-state index >= 15 is 0 Å². The summed E-state index contributed by atoms with van der Waals surface area (Å²) in [6.45, 7) is 3.46. The molecule has 0 bridgehead atoms. The van der Waals surface area contributed by atoms with Crippen molar-refractivity contribution >= 4 is 11.8 Å². The number of likely N-dealkylation sites (tertiary alicyclic amines) is 1. The van der Waals surface area contributed by atoms with Gasteiger partial charge in [0.2, 0.25) is 11.8 Å². The monoisotopic (exact) mass is 381 g/mol. The van der Waals surface area contributed by atoms with Crippen molar-refractivity contribution in [1.29, 1.82) is 0 Å². The largest absolute Gasteiger partial charge is 0.352 e. The fourth-order valence-corrected chi connectivity index (χ4v) is 4.19. The Hall–Kier alpha value is -2.67. The van der Waals surface area contributed by atoms with Gasteiger partial charge in [-0.25, -0.2) is 0 Å². The van der Waals surface area contributed by atoms with E-state index in [0.717, 1.165) is 36.2 Å². The van der Waals surface area contributed by atoms with Gasteiger partial charge in [0.25, 0.3) is 0 Å². The van der Waals surface area contributed by atoms with Crippen molar-refractivity contribution in [3.05, 3.63) is 53.3 Å². The molecule has 2 aromatic rings. The fraction of sp³-hybridized carbons (Fsp3) is 0.476. The molecule has 2 atom stereocenters. The number of carbonyl (C=O) groups is 2. The Balaban J connectivity index is 1.35. The molecule has 0 saturated carbocycles. The number of hydrogen-bond acceptors (Lipinski definition) is 4. The number of aromatic nitrogens is 2. The second-order valence-corrected chi connectivity index (χ2v) is 7.78. The normalized spacial score (nSPS) is 22.0. The lowest BCUT2D eigenvalue weighted by Crippen LogP contribution is -2.34. The molecular formula is C21H27N5O2. The van der Waals surface area contributed by atoms with Crippen LogP contribution in [0.15, 0.2) is 36.7 Å². The smallest absolute Gasteiger partial charge is 0.225 e. The van der Waals surface area contributed by atoms with E-state index in [1.807, 2.05) is 42.5 Å². The highest BCUT2D eigenvalue weighted by Gasteiger charge is 2.34. The van der Waals surface area contributed by atoms with E-state index in [0.29, 0.717) is 26.1 Å². The Bertz CT molecular complexity index is 862. The van der Waals surface area contributed by atoms with Crippen LogP contribution < -0.4 is 10.6 Å². The molecule has 3 heterocycles. The molecule has 2 fully saturated rings. The Morgan fingerprint density at radius 3 is 2.93 bits per heavy atom. The lowest BCUT2D eigenvalue weighted by atomic mass is 9.90. The summed E-state index contributed by atoms with van der Waals surface area (Å²) in [5.74, 6) is 0.365. The minimum atomic E-state index is -0.0883. The van der Waals surface area contributed by atoms with Crippen LogP contribution in [0.4, 0.5) is 0 Å². The molecule has 2 aliphatic rings. The lowest BCUT2D eigenvalue weighted by molar-refractivity contribution is -0.128. The van der Waals surface area contributed by atoms with Crippen molar-refractivity contribution in [2.45, 2.75) is 31.8 Å². The highest BCUT2D eigenvalue weighted by molar-refractivity contribution is 5.80. The summed E-state index contributed by atoms with van der Waals surface area (Å²) in [5.41, 5.74) is 3.27. The van der Waals surface area contributed by atoms with Gasteiger partial charge in [-0.15, -0.1) is 0 Å². The zero-order valence-electron chi connectivity index (χ0n) is 16.2. The first-order valence-electron chi connectivity index (χ1n) is 9.93.